The van der Waals surface area contributed by atoms with Crippen LogP contribution in [0.2, 0.25) is 0 Å². The molecular weight excluding hydrogens is 446 g/mol. The molecule has 3 aromatic carbocycles. The minimum absolute atomic E-state index is 0.132. The van der Waals surface area contributed by atoms with E-state index in [0.29, 0.717) is 27.5 Å². The second kappa shape index (κ2) is 8.79. The molecule has 1 amide bonds. The molecule has 8 heteroatoms. The van der Waals surface area contributed by atoms with Gasteiger partial charge < -0.3 is 5.32 Å². The van der Waals surface area contributed by atoms with Crippen LogP contribution < -0.4 is 10.9 Å². The van der Waals surface area contributed by atoms with Crippen LogP contribution in [0.5, 0.6) is 0 Å². The first-order chi connectivity index (χ1) is 16.4. The van der Waals surface area contributed by atoms with Crippen molar-refractivity contribution in [3.05, 3.63) is 94.3 Å². The number of anilines is 1. The van der Waals surface area contributed by atoms with Crippen LogP contribution in [-0.4, -0.2) is 30.3 Å². The molecule has 0 fully saturated rings. The molecule has 0 saturated carbocycles. The fourth-order valence-corrected chi connectivity index (χ4v) is 4.70. The first-order valence-electron chi connectivity index (χ1n) is 10.9. The van der Waals surface area contributed by atoms with Gasteiger partial charge in [-0.05, 0) is 56.7 Å². The quantitative estimate of drug-likeness (QED) is 0.375. The maximum Gasteiger partial charge on any atom is 0.267 e. The number of benzene rings is 3. The number of fused-ring (bicyclic) bond motifs is 3. The Labute approximate surface area is 200 Å². The van der Waals surface area contributed by atoms with Crippen molar-refractivity contribution in [1.29, 1.82) is 0 Å². The van der Waals surface area contributed by atoms with Gasteiger partial charge in [-0.25, -0.2) is 4.57 Å². The first kappa shape index (κ1) is 21.9. The van der Waals surface area contributed by atoms with Gasteiger partial charge in [0.15, 0.2) is 5.16 Å². The number of hydrogen-bond donors (Lipinski definition) is 1. The van der Waals surface area contributed by atoms with Gasteiger partial charge in [0.25, 0.3) is 5.56 Å². The molecule has 0 aliphatic carbocycles. The third kappa shape index (κ3) is 3.86. The number of rotatable bonds is 5. The highest BCUT2D eigenvalue weighted by molar-refractivity contribution is 8.00. The smallest absolute Gasteiger partial charge is 0.267 e. The van der Waals surface area contributed by atoms with Crippen molar-refractivity contribution >= 4 is 40.0 Å². The van der Waals surface area contributed by atoms with E-state index in [1.165, 1.54) is 11.8 Å². The number of thioether (sulfide) groups is 1. The van der Waals surface area contributed by atoms with E-state index in [0.717, 1.165) is 16.8 Å². The normalized spacial score (nSPS) is 12.2. The molecule has 170 valence electrons. The van der Waals surface area contributed by atoms with Crippen molar-refractivity contribution in [2.75, 3.05) is 5.32 Å². The molecule has 1 N–H and O–H groups in total. The lowest BCUT2D eigenvalue weighted by atomic mass is 10.2. The highest BCUT2D eigenvalue weighted by Crippen LogP contribution is 2.27. The first-order valence-corrected chi connectivity index (χ1v) is 11.8. The van der Waals surface area contributed by atoms with Gasteiger partial charge in [-0.1, -0.05) is 59.8 Å². The lowest BCUT2D eigenvalue weighted by Gasteiger charge is -2.14. The Kier molecular flexibility index (Phi) is 5.67. The van der Waals surface area contributed by atoms with E-state index < -0.39 is 5.25 Å². The van der Waals surface area contributed by atoms with Gasteiger partial charge in [-0.15, -0.1) is 10.2 Å². The van der Waals surface area contributed by atoms with E-state index >= 15 is 0 Å². The standard InChI is InChI=1S/C26H23N5O2S/c1-16-12-14-19(15-13-16)30-24(33)20-9-5-7-11-22(20)31-25(30)28-29-26(31)34-18(3)23(32)27-21-10-6-4-8-17(21)2/h4-15,18H,1-3H3,(H,27,32). The molecule has 0 bridgehead atoms. The van der Waals surface area contributed by atoms with Crippen LogP contribution in [0.25, 0.3) is 22.4 Å². The van der Waals surface area contributed by atoms with E-state index in [1.807, 2.05) is 91.9 Å². The summed E-state index contributed by atoms with van der Waals surface area (Å²) in [5.41, 5.74) is 4.12. The van der Waals surface area contributed by atoms with Gasteiger partial charge in [0.05, 0.1) is 21.8 Å². The van der Waals surface area contributed by atoms with Gasteiger partial charge >= 0.3 is 0 Å². The highest BCUT2D eigenvalue weighted by Gasteiger charge is 2.22. The van der Waals surface area contributed by atoms with Crippen molar-refractivity contribution in [2.45, 2.75) is 31.2 Å². The van der Waals surface area contributed by atoms with Crippen LogP contribution in [0.15, 0.2) is 82.7 Å². The fraction of sp³-hybridized carbons (Fsp3) is 0.154. The van der Waals surface area contributed by atoms with Crippen LogP contribution in [0.3, 0.4) is 0 Å². The van der Waals surface area contributed by atoms with Gasteiger partial charge in [0.1, 0.15) is 0 Å². The molecule has 2 heterocycles. The number of amides is 1. The number of hydrogen-bond acceptors (Lipinski definition) is 5. The van der Waals surface area contributed by atoms with Crippen LogP contribution in [-0.2, 0) is 4.79 Å². The maximum absolute atomic E-state index is 13.4. The Morgan fingerprint density at radius 2 is 1.65 bits per heavy atom. The predicted molar refractivity (Wildman–Crippen MR) is 136 cm³/mol. The fourth-order valence-electron chi connectivity index (χ4n) is 3.84. The zero-order chi connectivity index (χ0) is 23.8. The van der Waals surface area contributed by atoms with Gasteiger partial charge in [-0.3, -0.25) is 14.0 Å². The molecule has 1 unspecified atom stereocenters. The zero-order valence-corrected chi connectivity index (χ0v) is 19.8. The second-order valence-corrected chi connectivity index (χ2v) is 9.48. The molecule has 7 nitrogen and oxygen atoms in total. The van der Waals surface area contributed by atoms with Crippen LogP contribution in [0.4, 0.5) is 5.69 Å². The number of carbonyl (C=O) groups is 1. The number of carbonyl (C=O) groups excluding carboxylic acids is 1. The number of aryl methyl sites for hydroxylation is 2. The monoisotopic (exact) mass is 469 g/mol. The van der Waals surface area contributed by atoms with Gasteiger partial charge in [0.2, 0.25) is 11.7 Å². The van der Waals surface area contributed by atoms with E-state index in [4.69, 9.17) is 0 Å². The second-order valence-electron chi connectivity index (χ2n) is 8.18. The number of aromatic nitrogens is 4. The molecule has 5 aromatic rings. The maximum atomic E-state index is 13.4. The van der Waals surface area contributed by atoms with E-state index in [9.17, 15) is 9.59 Å². The van der Waals surface area contributed by atoms with Crippen LogP contribution >= 0.6 is 11.8 Å². The summed E-state index contributed by atoms with van der Waals surface area (Å²) in [6.07, 6.45) is 0. The molecule has 0 saturated heterocycles. The molecule has 1 atom stereocenters. The summed E-state index contributed by atoms with van der Waals surface area (Å²) in [4.78, 5) is 26.3. The van der Waals surface area contributed by atoms with Crippen molar-refractivity contribution in [3.8, 4) is 5.69 Å². The zero-order valence-electron chi connectivity index (χ0n) is 19.0. The van der Waals surface area contributed by atoms with E-state index in [2.05, 4.69) is 15.5 Å². The summed E-state index contributed by atoms with van der Waals surface area (Å²) in [6.45, 7) is 5.78. The van der Waals surface area contributed by atoms with Crippen molar-refractivity contribution in [3.63, 3.8) is 0 Å². The van der Waals surface area contributed by atoms with Crippen molar-refractivity contribution < 1.29 is 4.79 Å². The third-order valence-electron chi connectivity index (χ3n) is 5.74. The average Bonchev–Trinajstić information content (AvgIpc) is 3.25. The highest BCUT2D eigenvalue weighted by atomic mass is 32.2. The molecule has 2 aromatic heterocycles. The summed E-state index contributed by atoms with van der Waals surface area (Å²) < 4.78 is 3.41. The van der Waals surface area contributed by atoms with Gasteiger partial charge in [-0.2, -0.15) is 0 Å². The van der Waals surface area contributed by atoms with E-state index in [-0.39, 0.29) is 11.5 Å². The predicted octanol–water partition coefficient (Wildman–Crippen LogP) is 4.77. The van der Waals surface area contributed by atoms with Crippen molar-refractivity contribution in [2.24, 2.45) is 0 Å². The Hall–Kier alpha value is -3.91. The summed E-state index contributed by atoms with van der Waals surface area (Å²) >= 11 is 1.30. The third-order valence-corrected chi connectivity index (χ3v) is 6.78. The van der Waals surface area contributed by atoms with Crippen molar-refractivity contribution in [1.82, 2.24) is 19.2 Å². The topological polar surface area (TPSA) is 81.3 Å². The Morgan fingerprint density at radius 1 is 0.941 bits per heavy atom. The summed E-state index contributed by atoms with van der Waals surface area (Å²) in [6, 6.07) is 22.7. The SMILES string of the molecule is Cc1ccc(-n2c(=O)c3ccccc3n3c(SC(C)C(=O)Nc4ccccc4C)nnc23)cc1. The number of nitrogens with one attached hydrogen (secondary N) is 1. The molecule has 0 radical (unpaired) electrons. The molecule has 0 aliphatic rings. The number of para-hydroxylation sites is 2. The molecule has 34 heavy (non-hydrogen) atoms. The van der Waals surface area contributed by atoms with Crippen LogP contribution in [0.1, 0.15) is 18.1 Å². The number of nitrogens with zero attached hydrogens (tertiary/aromatic N) is 4. The molecule has 0 spiro atoms. The van der Waals surface area contributed by atoms with E-state index in [1.54, 1.807) is 10.6 Å². The minimum Gasteiger partial charge on any atom is -0.325 e. The Morgan fingerprint density at radius 3 is 2.41 bits per heavy atom. The largest absolute Gasteiger partial charge is 0.325 e. The molecular formula is C26H23N5O2S. The van der Waals surface area contributed by atoms with Crippen LogP contribution in [0, 0.1) is 13.8 Å². The lowest BCUT2D eigenvalue weighted by molar-refractivity contribution is -0.115. The Balaban J connectivity index is 1.59. The molecule has 0 aliphatic heterocycles. The van der Waals surface area contributed by atoms with Gasteiger partial charge in [0, 0.05) is 5.69 Å². The molecule has 5 rings (SSSR count). The summed E-state index contributed by atoms with van der Waals surface area (Å²) in [7, 11) is 0. The lowest BCUT2D eigenvalue weighted by Crippen LogP contribution is -2.24. The summed E-state index contributed by atoms with van der Waals surface area (Å²) in [5.74, 6) is 0.272. The minimum atomic E-state index is -0.439. The summed E-state index contributed by atoms with van der Waals surface area (Å²) in [5, 5.41) is 12.4. The Bertz CT molecular complexity index is 1590. The average molecular weight is 470 g/mol.